The molecule has 26 heavy (non-hydrogen) atoms. The van der Waals surface area contributed by atoms with Crippen molar-refractivity contribution >= 4 is 34.0 Å². The largest absolute Gasteiger partial charge is 0.333 e. The molecule has 0 atom stereocenters. The van der Waals surface area contributed by atoms with Crippen LogP contribution in [0.15, 0.2) is 40.9 Å². The number of nitrogens with two attached hydrogens (primary N) is 1. The molecule has 0 saturated heterocycles. The molecule has 134 valence electrons. The van der Waals surface area contributed by atoms with Crippen LogP contribution in [-0.4, -0.2) is 19.9 Å². The zero-order chi connectivity index (χ0) is 17.0. The summed E-state index contributed by atoms with van der Waals surface area (Å²) in [7, 11) is 0. The summed E-state index contributed by atoms with van der Waals surface area (Å²) in [5.74, 6) is 1.15. The third kappa shape index (κ3) is 2.55. The second kappa shape index (κ2) is 6.19. The summed E-state index contributed by atoms with van der Waals surface area (Å²) in [6.45, 7) is 2.01. The van der Waals surface area contributed by atoms with E-state index in [-0.39, 0.29) is 12.4 Å². The van der Waals surface area contributed by atoms with Crippen LogP contribution in [0.2, 0.25) is 0 Å². The Morgan fingerprint density at radius 1 is 1.23 bits per heavy atom. The lowest BCUT2D eigenvalue weighted by Crippen LogP contribution is -2.44. The van der Waals surface area contributed by atoms with Crippen molar-refractivity contribution in [1.82, 2.24) is 19.9 Å². The summed E-state index contributed by atoms with van der Waals surface area (Å²) in [6, 6.07) is 12.2. The fourth-order valence-electron chi connectivity index (χ4n) is 3.20. The maximum absolute atomic E-state index is 6.30. The molecule has 3 aromatic heterocycles. The number of hydrogen-bond donors (Lipinski definition) is 1. The topological polar surface area (TPSA) is 82.8 Å². The molecule has 4 aromatic rings. The van der Waals surface area contributed by atoms with Crippen molar-refractivity contribution in [2.45, 2.75) is 31.7 Å². The van der Waals surface area contributed by atoms with Gasteiger partial charge < -0.3 is 10.3 Å². The first-order chi connectivity index (χ1) is 12.1. The van der Waals surface area contributed by atoms with Crippen molar-refractivity contribution in [3.8, 4) is 16.5 Å². The summed E-state index contributed by atoms with van der Waals surface area (Å²) in [5.41, 5.74) is 7.91. The number of aromatic nitrogens is 4. The van der Waals surface area contributed by atoms with Gasteiger partial charge in [-0.1, -0.05) is 23.4 Å². The van der Waals surface area contributed by atoms with Gasteiger partial charge in [0.25, 0.3) is 5.89 Å². The van der Waals surface area contributed by atoms with E-state index >= 15 is 0 Å². The Labute approximate surface area is 160 Å². The zero-order valence-electron chi connectivity index (χ0n) is 14.2. The van der Waals surface area contributed by atoms with E-state index in [9.17, 15) is 0 Å². The molecule has 5 rings (SSSR count). The van der Waals surface area contributed by atoms with Crippen LogP contribution in [-0.2, 0) is 5.54 Å². The summed E-state index contributed by atoms with van der Waals surface area (Å²) in [6.07, 6.45) is 2.95. The highest BCUT2D eigenvalue weighted by molar-refractivity contribution is 7.21. The van der Waals surface area contributed by atoms with Crippen LogP contribution in [0.3, 0.4) is 0 Å². The summed E-state index contributed by atoms with van der Waals surface area (Å²) in [4.78, 5) is 6.58. The third-order valence-corrected chi connectivity index (χ3v) is 5.97. The minimum Gasteiger partial charge on any atom is -0.333 e. The third-order valence-electron chi connectivity index (χ3n) is 4.87. The monoisotopic (exact) mass is 387 g/mol. The molecule has 0 radical (unpaired) electrons. The van der Waals surface area contributed by atoms with Crippen LogP contribution in [0.5, 0.6) is 0 Å². The SMILES string of the molecule is Cc1nn(-c2ccccc2)c2sc(-c3nc(C4(N)CCC4)no3)cc12.Cl. The van der Waals surface area contributed by atoms with Gasteiger partial charge in [-0.2, -0.15) is 10.1 Å². The van der Waals surface area contributed by atoms with Gasteiger partial charge in [0.1, 0.15) is 4.83 Å². The maximum atomic E-state index is 6.30. The van der Waals surface area contributed by atoms with E-state index in [1.807, 2.05) is 41.9 Å². The predicted octanol–water partition coefficient (Wildman–Crippen LogP) is 4.21. The molecule has 1 aliphatic rings. The number of nitrogens with zero attached hydrogens (tertiary/aromatic N) is 4. The lowest BCUT2D eigenvalue weighted by molar-refractivity contribution is 0.229. The van der Waals surface area contributed by atoms with Crippen LogP contribution < -0.4 is 5.73 Å². The van der Waals surface area contributed by atoms with E-state index in [0.29, 0.717) is 11.7 Å². The minimum atomic E-state index is -0.408. The fourth-order valence-corrected chi connectivity index (χ4v) is 4.31. The molecule has 1 aliphatic carbocycles. The van der Waals surface area contributed by atoms with Crippen LogP contribution in [0, 0.1) is 6.92 Å². The van der Waals surface area contributed by atoms with Gasteiger partial charge in [-0.15, -0.1) is 23.7 Å². The van der Waals surface area contributed by atoms with E-state index in [1.165, 1.54) is 0 Å². The van der Waals surface area contributed by atoms with Crippen molar-refractivity contribution in [3.05, 3.63) is 47.9 Å². The van der Waals surface area contributed by atoms with E-state index in [1.54, 1.807) is 11.3 Å². The van der Waals surface area contributed by atoms with Crippen molar-refractivity contribution < 1.29 is 4.52 Å². The molecule has 1 aromatic carbocycles. The number of benzene rings is 1. The number of aryl methyl sites for hydroxylation is 1. The maximum Gasteiger partial charge on any atom is 0.268 e. The molecule has 0 aliphatic heterocycles. The number of halogens is 1. The molecule has 8 heteroatoms. The Hall–Kier alpha value is -2.22. The molecule has 0 bridgehead atoms. The Bertz CT molecular complexity index is 1060. The predicted molar refractivity (Wildman–Crippen MR) is 104 cm³/mol. The van der Waals surface area contributed by atoms with Gasteiger partial charge in [0.2, 0.25) is 0 Å². The van der Waals surface area contributed by atoms with Gasteiger partial charge in [-0.3, -0.25) is 0 Å². The van der Waals surface area contributed by atoms with Crippen LogP contribution in [0.1, 0.15) is 30.8 Å². The number of fused-ring (bicyclic) bond motifs is 1. The molecule has 6 nitrogen and oxygen atoms in total. The molecular formula is C18H18ClN5OS. The second-order valence-electron chi connectivity index (χ2n) is 6.60. The van der Waals surface area contributed by atoms with Gasteiger partial charge in [0.15, 0.2) is 5.82 Å². The van der Waals surface area contributed by atoms with Crippen molar-refractivity contribution in [3.63, 3.8) is 0 Å². The summed E-state index contributed by atoms with van der Waals surface area (Å²) >= 11 is 1.61. The van der Waals surface area contributed by atoms with E-state index in [2.05, 4.69) is 21.3 Å². The quantitative estimate of drug-likeness (QED) is 0.569. The minimum absolute atomic E-state index is 0. The zero-order valence-corrected chi connectivity index (χ0v) is 15.8. The van der Waals surface area contributed by atoms with E-state index in [0.717, 1.165) is 45.7 Å². The van der Waals surface area contributed by atoms with E-state index in [4.69, 9.17) is 10.3 Å². The first-order valence-electron chi connectivity index (χ1n) is 8.32. The number of hydrogen-bond acceptors (Lipinski definition) is 6. The highest BCUT2D eigenvalue weighted by Gasteiger charge is 2.39. The fraction of sp³-hybridized carbons (Fsp3) is 0.278. The molecule has 0 amide bonds. The van der Waals surface area contributed by atoms with Crippen LogP contribution in [0.4, 0.5) is 0 Å². The van der Waals surface area contributed by atoms with E-state index < -0.39 is 5.54 Å². The summed E-state index contributed by atoms with van der Waals surface area (Å²) < 4.78 is 7.46. The Morgan fingerprint density at radius 2 is 2.00 bits per heavy atom. The standard InChI is InChI=1S/C18H17N5OS.ClH/c1-11-13-10-14(15-20-17(22-24-15)18(19)8-5-9-18)25-16(13)23(21-11)12-6-3-2-4-7-12;/h2-4,6-7,10H,5,8-9,19H2,1H3;1H. The molecule has 0 spiro atoms. The lowest BCUT2D eigenvalue weighted by atomic mass is 9.77. The molecule has 0 unspecified atom stereocenters. The Balaban J connectivity index is 0.00000168. The number of thiophene rings is 1. The van der Waals surface area contributed by atoms with Crippen LogP contribution in [0.25, 0.3) is 26.7 Å². The molecular weight excluding hydrogens is 370 g/mol. The van der Waals surface area contributed by atoms with Gasteiger partial charge in [-0.05, 0) is 44.4 Å². The molecule has 1 saturated carbocycles. The van der Waals surface area contributed by atoms with Gasteiger partial charge >= 0.3 is 0 Å². The van der Waals surface area contributed by atoms with Gasteiger partial charge in [0.05, 0.1) is 21.8 Å². The van der Waals surface area contributed by atoms with Gasteiger partial charge in [0, 0.05) is 5.39 Å². The first kappa shape index (κ1) is 17.2. The first-order valence-corrected chi connectivity index (χ1v) is 9.14. The average Bonchev–Trinajstić information content (AvgIpc) is 3.30. The van der Waals surface area contributed by atoms with Gasteiger partial charge in [-0.25, -0.2) is 4.68 Å². The molecule has 1 fully saturated rings. The molecule has 3 heterocycles. The number of rotatable bonds is 3. The second-order valence-corrected chi connectivity index (χ2v) is 7.63. The molecule has 2 N–H and O–H groups in total. The average molecular weight is 388 g/mol. The lowest BCUT2D eigenvalue weighted by Gasteiger charge is -2.34. The Morgan fingerprint density at radius 3 is 2.69 bits per heavy atom. The number of para-hydroxylation sites is 1. The summed E-state index contributed by atoms with van der Waals surface area (Å²) in [5, 5.41) is 9.89. The normalized spacial score (nSPS) is 15.6. The van der Waals surface area contributed by atoms with Crippen molar-refractivity contribution in [2.75, 3.05) is 0 Å². The van der Waals surface area contributed by atoms with Crippen LogP contribution >= 0.6 is 23.7 Å². The Kier molecular flexibility index (Phi) is 4.10. The van der Waals surface area contributed by atoms with Crippen molar-refractivity contribution in [1.29, 1.82) is 0 Å². The highest BCUT2D eigenvalue weighted by atomic mass is 35.5. The van der Waals surface area contributed by atoms with Crippen molar-refractivity contribution in [2.24, 2.45) is 5.73 Å². The smallest absolute Gasteiger partial charge is 0.268 e. The highest BCUT2D eigenvalue weighted by Crippen LogP contribution is 2.39.